The van der Waals surface area contributed by atoms with Gasteiger partial charge in [0.25, 0.3) is 0 Å². The Morgan fingerprint density at radius 3 is 2.37 bits per heavy atom. The second-order valence-electron chi connectivity index (χ2n) is 3.99. The molecule has 0 saturated carbocycles. The average molecular weight is 280 g/mol. The van der Waals surface area contributed by atoms with Crippen LogP contribution in [0.3, 0.4) is 0 Å². The van der Waals surface area contributed by atoms with Gasteiger partial charge in [0.2, 0.25) is 0 Å². The molecule has 1 heterocycles. The molecule has 0 aliphatic carbocycles. The summed E-state index contributed by atoms with van der Waals surface area (Å²) in [5.41, 5.74) is 0. The minimum Gasteiger partial charge on any atom is -0.490 e. The molecule has 0 bridgehead atoms. The molecule has 1 N–H and O–H groups in total. The normalized spacial score (nSPS) is 10.6. The van der Waals surface area contributed by atoms with Gasteiger partial charge in [-0.05, 0) is 31.4 Å². The van der Waals surface area contributed by atoms with Crippen LogP contribution in [0.2, 0.25) is 0 Å². The van der Waals surface area contributed by atoms with Crippen LogP contribution in [0.4, 0.5) is 0 Å². The summed E-state index contributed by atoms with van der Waals surface area (Å²) < 4.78 is 12.1. The highest BCUT2D eigenvalue weighted by Crippen LogP contribution is 2.36. The molecule has 0 aliphatic rings. The highest BCUT2D eigenvalue weighted by molar-refractivity contribution is 7.19. The van der Waals surface area contributed by atoms with Crippen molar-refractivity contribution in [3.05, 3.63) is 23.1 Å². The van der Waals surface area contributed by atoms with Crippen LogP contribution in [0.5, 0.6) is 11.5 Å². The zero-order valence-corrected chi connectivity index (χ0v) is 11.8. The summed E-state index contributed by atoms with van der Waals surface area (Å²) in [5.74, 6) is 0.596. The number of hydrogen-bond acceptors (Lipinski definition) is 4. The van der Waals surface area contributed by atoms with Crippen molar-refractivity contribution >= 4 is 27.4 Å². The second kappa shape index (κ2) is 5.93. The van der Waals surface area contributed by atoms with Crippen LogP contribution < -0.4 is 9.47 Å². The first kappa shape index (κ1) is 13.7. The zero-order valence-electron chi connectivity index (χ0n) is 10.9. The van der Waals surface area contributed by atoms with Crippen LogP contribution in [0.15, 0.2) is 18.2 Å². The fraction of sp³-hybridized carbons (Fsp3) is 0.357. The quantitative estimate of drug-likeness (QED) is 0.881. The summed E-state index contributed by atoms with van der Waals surface area (Å²) in [5, 5.41) is 9.82. The monoisotopic (exact) mass is 280 g/mol. The lowest BCUT2D eigenvalue weighted by Gasteiger charge is -2.10. The van der Waals surface area contributed by atoms with E-state index >= 15 is 0 Å². The average Bonchev–Trinajstić information content (AvgIpc) is 2.70. The Morgan fingerprint density at radius 1 is 1.16 bits per heavy atom. The number of carboxylic acid groups (broad SMARTS) is 1. The Morgan fingerprint density at radius 2 is 1.79 bits per heavy atom. The van der Waals surface area contributed by atoms with Crippen molar-refractivity contribution in [2.24, 2.45) is 0 Å². The molecule has 2 aromatic rings. The minimum atomic E-state index is -0.818. The number of rotatable bonds is 6. The second-order valence-corrected chi connectivity index (χ2v) is 5.15. The number of aliphatic carboxylic acids is 1. The summed E-state index contributed by atoms with van der Waals surface area (Å²) >= 11 is 1.48. The number of carboxylic acids is 1. The Hall–Kier alpha value is -1.75. The highest BCUT2D eigenvalue weighted by atomic mass is 32.1. The molecule has 0 fully saturated rings. The minimum absolute atomic E-state index is 0.0489. The summed E-state index contributed by atoms with van der Waals surface area (Å²) in [7, 11) is 0. The largest absolute Gasteiger partial charge is 0.490 e. The Bertz CT molecular complexity index is 545. The number of thiophene rings is 1. The predicted octanol–water partition coefficient (Wildman–Crippen LogP) is 3.33. The number of carbonyl (C=O) groups is 1. The highest BCUT2D eigenvalue weighted by Gasteiger charge is 2.11. The van der Waals surface area contributed by atoms with E-state index in [9.17, 15) is 4.79 Å². The van der Waals surface area contributed by atoms with E-state index in [1.807, 2.05) is 32.0 Å². The number of benzene rings is 1. The van der Waals surface area contributed by atoms with Gasteiger partial charge in [0.15, 0.2) is 11.5 Å². The van der Waals surface area contributed by atoms with Crippen LogP contribution in [0.25, 0.3) is 10.1 Å². The molecule has 5 heteroatoms. The third kappa shape index (κ3) is 3.17. The first-order chi connectivity index (χ1) is 9.13. The molecule has 0 radical (unpaired) electrons. The van der Waals surface area contributed by atoms with Gasteiger partial charge in [-0.3, -0.25) is 4.79 Å². The van der Waals surface area contributed by atoms with Gasteiger partial charge in [-0.15, -0.1) is 11.3 Å². The third-order valence-electron chi connectivity index (χ3n) is 2.56. The van der Waals surface area contributed by atoms with Crippen molar-refractivity contribution in [2.45, 2.75) is 20.3 Å². The first-order valence-electron chi connectivity index (χ1n) is 6.17. The molecular formula is C14H16O4S. The SMILES string of the molecule is CCOc1cc2cc(CC(=O)O)sc2cc1OCC. The van der Waals surface area contributed by atoms with Gasteiger partial charge in [0, 0.05) is 15.6 Å². The van der Waals surface area contributed by atoms with E-state index < -0.39 is 5.97 Å². The summed E-state index contributed by atoms with van der Waals surface area (Å²) in [4.78, 5) is 11.6. The number of hydrogen-bond donors (Lipinski definition) is 1. The van der Waals surface area contributed by atoms with Crippen LogP contribution in [0.1, 0.15) is 18.7 Å². The fourth-order valence-electron chi connectivity index (χ4n) is 1.88. The van der Waals surface area contributed by atoms with E-state index in [-0.39, 0.29) is 6.42 Å². The number of fused-ring (bicyclic) bond motifs is 1. The molecule has 2 rings (SSSR count). The van der Waals surface area contributed by atoms with Crippen molar-refractivity contribution in [3.63, 3.8) is 0 Å². The summed E-state index contributed by atoms with van der Waals surface area (Å²) in [6.45, 7) is 4.98. The molecule has 4 nitrogen and oxygen atoms in total. The molecular weight excluding hydrogens is 264 g/mol. The molecule has 1 aromatic heterocycles. The van der Waals surface area contributed by atoms with E-state index in [0.717, 1.165) is 15.0 Å². The van der Waals surface area contributed by atoms with Crippen LogP contribution in [-0.4, -0.2) is 24.3 Å². The molecule has 0 aliphatic heterocycles. The van der Waals surface area contributed by atoms with Gasteiger partial charge >= 0.3 is 5.97 Å². The fourth-order valence-corrected chi connectivity index (χ4v) is 2.94. The van der Waals surface area contributed by atoms with E-state index in [1.54, 1.807) is 0 Å². The van der Waals surface area contributed by atoms with Crippen molar-refractivity contribution in [3.8, 4) is 11.5 Å². The Balaban J connectivity index is 2.43. The Labute approximate surface area is 115 Å². The van der Waals surface area contributed by atoms with Crippen molar-refractivity contribution in [1.82, 2.24) is 0 Å². The van der Waals surface area contributed by atoms with Gasteiger partial charge in [0.1, 0.15) is 0 Å². The molecule has 0 saturated heterocycles. The van der Waals surface area contributed by atoms with Gasteiger partial charge in [-0.2, -0.15) is 0 Å². The molecule has 19 heavy (non-hydrogen) atoms. The maximum Gasteiger partial charge on any atom is 0.308 e. The predicted molar refractivity (Wildman–Crippen MR) is 75.5 cm³/mol. The summed E-state index contributed by atoms with van der Waals surface area (Å²) in [6.07, 6.45) is 0.0489. The van der Waals surface area contributed by atoms with E-state index in [0.29, 0.717) is 24.7 Å². The van der Waals surface area contributed by atoms with Gasteiger partial charge in [0.05, 0.1) is 19.6 Å². The van der Waals surface area contributed by atoms with Crippen molar-refractivity contribution in [1.29, 1.82) is 0 Å². The molecule has 0 atom stereocenters. The molecule has 0 spiro atoms. The van der Waals surface area contributed by atoms with E-state index in [4.69, 9.17) is 14.6 Å². The maximum atomic E-state index is 10.7. The van der Waals surface area contributed by atoms with Crippen molar-refractivity contribution in [2.75, 3.05) is 13.2 Å². The third-order valence-corrected chi connectivity index (χ3v) is 3.66. The summed E-state index contributed by atoms with van der Waals surface area (Å²) in [6, 6.07) is 5.72. The lowest BCUT2D eigenvalue weighted by Crippen LogP contribution is -1.97. The standard InChI is InChI=1S/C14H16O4S/c1-3-17-11-6-9-5-10(7-14(15)16)19-13(9)8-12(11)18-4-2/h5-6,8H,3-4,7H2,1-2H3,(H,15,16). The van der Waals surface area contributed by atoms with Crippen LogP contribution in [0, 0.1) is 0 Å². The van der Waals surface area contributed by atoms with E-state index in [2.05, 4.69) is 0 Å². The van der Waals surface area contributed by atoms with Gasteiger partial charge < -0.3 is 14.6 Å². The van der Waals surface area contributed by atoms with Gasteiger partial charge in [-0.25, -0.2) is 0 Å². The lowest BCUT2D eigenvalue weighted by atomic mass is 10.2. The topological polar surface area (TPSA) is 55.8 Å². The number of ether oxygens (including phenoxy) is 2. The lowest BCUT2D eigenvalue weighted by molar-refractivity contribution is -0.136. The van der Waals surface area contributed by atoms with E-state index in [1.165, 1.54) is 11.3 Å². The zero-order chi connectivity index (χ0) is 13.8. The van der Waals surface area contributed by atoms with Crippen LogP contribution >= 0.6 is 11.3 Å². The molecule has 102 valence electrons. The molecule has 1 aromatic carbocycles. The maximum absolute atomic E-state index is 10.7. The van der Waals surface area contributed by atoms with Crippen molar-refractivity contribution < 1.29 is 19.4 Å². The van der Waals surface area contributed by atoms with Gasteiger partial charge in [-0.1, -0.05) is 0 Å². The smallest absolute Gasteiger partial charge is 0.308 e. The molecule has 0 unspecified atom stereocenters. The Kier molecular flexibility index (Phi) is 4.27. The molecule has 0 amide bonds. The first-order valence-corrected chi connectivity index (χ1v) is 6.99. The van der Waals surface area contributed by atoms with Crippen LogP contribution in [-0.2, 0) is 11.2 Å².